The molecule has 25 heavy (non-hydrogen) atoms. The Morgan fingerprint density at radius 1 is 1.12 bits per heavy atom. The summed E-state index contributed by atoms with van der Waals surface area (Å²) in [6.07, 6.45) is 0.945. The van der Waals surface area contributed by atoms with Crippen LogP contribution in [0.5, 0.6) is 5.75 Å². The highest BCUT2D eigenvalue weighted by molar-refractivity contribution is 7.89. The lowest BCUT2D eigenvalue weighted by molar-refractivity contribution is 0.0950. The van der Waals surface area contributed by atoms with Crippen LogP contribution in [0.25, 0.3) is 0 Å². The summed E-state index contributed by atoms with van der Waals surface area (Å²) in [6.45, 7) is 3.05. The maximum atomic E-state index is 12.2. The van der Waals surface area contributed by atoms with Gasteiger partial charge >= 0.3 is 0 Å². The van der Waals surface area contributed by atoms with Crippen molar-refractivity contribution in [3.05, 3.63) is 59.7 Å². The van der Waals surface area contributed by atoms with Gasteiger partial charge in [-0.2, -0.15) is 0 Å². The van der Waals surface area contributed by atoms with Crippen molar-refractivity contribution in [1.82, 2.24) is 10.0 Å². The van der Waals surface area contributed by atoms with Crippen molar-refractivity contribution >= 4 is 15.9 Å². The summed E-state index contributed by atoms with van der Waals surface area (Å²) < 4.78 is 31.4. The van der Waals surface area contributed by atoms with Gasteiger partial charge < -0.3 is 10.1 Å². The smallest absolute Gasteiger partial charge is 0.251 e. The summed E-state index contributed by atoms with van der Waals surface area (Å²) in [4.78, 5) is 12.3. The normalized spacial score (nSPS) is 11.1. The Morgan fingerprint density at radius 3 is 2.48 bits per heavy atom. The van der Waals surface area contributed by atoms with Crippen LogP contribution in [0.4, 0.5) is 0 Å². The van der Waals surface area contributed by atoms with Gasteiger partial charge in [0.25, 0.3) is 5.91 Å². The predicted octanol–water partition coefficient (Wildman–Crippen LogP) is 2.31. The predicted molar refractivity (Wildman–Crippen MR) is 96.1 cm³/mol. The number of amides is 1. The highest BCUT2D eigenvalue weighted by Crippen LogP contribution is 2.13. The van der Waals surface area contributed by atoms with Crippen LogP contribution in [-0.2, 0) is 16.6 Å². The number of benzene rings is 2. The van der Waals surface area contributed by atoms with Gasteiger partial charge in [0.1, 0.15) is 5.75 Å². The first-order valence-corrected chi connectivity index (χ1v) is 9.48. The van der Waals surface area contributed by atoms with Gasteiger partial charge in [0.2, 0.25) is 10.0 Å². The molecule has 0 bridgehead atoms. The van der Waals surface area contributed by atoms with E-state index in [2.05, 4.69) is 10.0 Å². The van der Waals surface area contributed by atoms with Crippen LogP contribution in [0.1, 0.15) is 29.3 Å². The molecule has 2 aromatic carbocycles. The zero-order chi connectivity index (χ0) is 18.3. The molecule has 0 aliphatic carbocycles. The number of hydrogen-bond acceptors (Lipinski definition) is 4. The highest BCUT2D eigenvalue weighted by Gasteiger charge is 2.14. The van der Waals surface area contributed by atoms with Crippen LogP contribution in [-0.4, -0.2) is 28.0 Å². The van der Waals surface area contributed by atoms with Crippen LogP contribution >= 0.6 is 0 Å². The molecule has 0 heterocycles. The first kappa shape index (κ1) is 19.0. The molecule has 0 aromatic heterocycles. The third-order valence-corrected chi connectivity index (χ3v) is 4.94. The van der Waals surface area contributed by atoms with Crippen molar-refractivity contribution in [3.8, 4) is 5.75 Å². The van der Waals surface area contributed by atoms with Crippen molar-refractivity contribution in [3.63, 3.8) is 0 Å². The second-order valence-corrected chi connectivity index (χ2v) is 7.30. The van der Waals surface area contributed by atoms with E-state index < -0.39 is 10.0 Å². The minimum absolute atomic E-state index is 0.0556. The lowest BCUT2D eigenvalue weighted by Crippen LogP contribution is -2.24. The standard InChI is InChI=1S/C18H22N2O4S/c1-3-11-24-16-9-7-14(8-10-16)13-20-18(21)15-5-4-6-17(12-15)25(22,23)19-2/h4-10,12,19H,3,11,13H2,1-2H3,(H,20,21). The van der Waals surface area contributed by atoms with E-state index in [4.69, 9.17) is 4.74 Å². The molecule has 2 aromatic rings. The number of ether oxygens (including phenoxy) is 1. The van der Waals surface area contributed by atoms with Gasteiger partial charge in [0, 0.05) is 12.1 Å². The summed E-state index contributed by atoms with van der Waals surface area (Å²) in [6, 6.07) is 13.4. The number of carbonyl (C=O) groups is 1. The van der Waals surface area contributed by atoms with Gasteiger partial charge in [-0.15, -0.1) is 0 Å². The number of hydrogen-bond donors (Lipinski definition) is 2. The Kier molecular flexibility index (Phi) is 6.55. The summed E-state index contributed by atoms with van der Waals surface area (Å²) in [5.74, 6) is 0.460. The fourth-order valence-corrected chi connectivity index (χ4v) is 2.91. The maximum absolute atomic E-state index is 12.2. The third-order valence-electron chi connectivity index (χ3n) is 3.52. The van der Waals surface area contributed by atoms with Crippen LogP contribution in [0, 0.1) is 0 Å². The molecule has 0 fully saturated rings. The minimum Gasteiger partial charge on any atom is -0.494 e. The van der Waals surface area contributed by atoms with Crippen molar-refractivity contribution in [2.45, 2.75) is 24.8 Å². The van der Waals surface area contributed by atoms with E-state index in [1.807, 2.05) is 31.2 Å². The monoisotopic (exact) mass is 362 g/mol. The molecule has 1 amide bonds. The number of sulfonamides is 1. The number of nitrogens with one attached hydrogen (secondary N) is 2. The minimum atomic E-state index is -3.58. The molecule has 0 aliphatic heterocycles. The fourth-order valence-electron chi connectivity index (χ4n) is 2.13. The molecule has 134 valence electrons. The number of carbonyl (C=O) groups excluding carboxylic acids is 1. The van der Waals surface area contributed by atoms with Gasteiger partial charge in [-0.25, -0.2) is 13.1 Å². The van der Waals surface area contributed by atoms with E-state index in [-0.39, 0.29) is 10.8 Å². The maximum Gasteiger partial charge on any atom is 0.251 e. The zero-order valence-corrected chi connectivity index (χ0v) is 15.1. The zero-order valence-electron chi connectivity index (χ0n) is 14.3. The second kappa shape index (κ2) is 8.64. The molecule has 0 radical (unpaired) electrons. The molecule has 0 atom stereocenters. The van der Waals surface area contributed by atoms with Crippen LogP contribution in [0.3, 0.4) is 0 Å². The molecule has 6 nitrogen and oxygen atoms in total. The van der Waals surface area contributed by atoms with Crippen molar-refractivity contribution in [2.24, 2.45) is 0 Å². The molecular weight excluding hydrogens is 340 g/mol. The lowest BCUT2D eigenvalue weighted by atomic mass is 10.2. The van der Waals surface area contributed by atoms with Gasteiger partial charge in [-0.05, 0) is 49.4 Å². The van der Waals surface area contributed by atoms with Crippen molar-refractivity contribution in [1.29, 1.82) is 0 Å². The van der Waals surface area contributed by atoms with E-state index in [0.29, 0.717) is 18.7 Å². The summed E-state index contributed by atoms with van der Waals surface area (Å²) in [5, 5.41) is 2.78. The van der Waals surface area contributed by atoms with E-state index in [9.17, 15) is 13.2 Å². The van der Waals surface area contributed by atoms with E-state index in [1.54, 1.807) is 12.1 Å². The van der Waals surface area contributed by atoms with Crippen LogP contribution < -0.4 is 14.8 Å². The topological polar surface area (TPSA) is 84.5 Å². The van der Waals surface area contributed by atoms with Crippen molar-refractivity contribution < 1.29 is 17.9 Å². The third kappa shape index (κ3) is 5.30. The van der Waals surface area contributed by atoms with Gasteiger partial charge in [0.05, 0.1) is 11.5 Å². The van der Waals surface area contributed by atoms with E-state index >= 15 is 0 Å². The Hall–Kier alpha value is -2.38. The Balaban J connectivity index is 1.99. The molecule has 0 aliphatic rings. The Bertz CT molecular complexity index is 817. The first-order chi connectivity index (χ1) is 12.0. The molecule has 0 spiro atoms. The summed E-state index contributed by atoms with van der Waals surface area (Å²) in [5.41, 5.74) is 1.22. The lowest BCUT2D eigenvalue weighted by Gasteiger charge is -2.09. The molecule has 2 N–H and O–H groups in total. The van der Waals surface area contributed by atoms with Crippen molar-refractivity contribution in [2.75, 3.05) is 13.7 Å². The molecular formula is C18H22N2O4S. The van der Waals surface area contributed by atoms with Gasteiger partial charge in [-0.1, -0.05) is 25.1 Å². The average molecular weight is 362 g/mol. The Labute approximate surface area is 148 Å². The van der Waals surface area contributed by atoms with Crippen LogP contribution in [0.15, 0.2) is 53.4 Å². The molecule has 0 saturated carbocycles. The fraction of sp³-hybridized carbons (Fsp3) is 0.278. The molecule has 0 unspecified atom stereocenters. The van der Waals surface area contributed by atoms with Gasteiger partial charge in [-0.3, -0.25) is 4.79 Å². The molecule has 7 heteroatoms. The number of rotatable bonds is 8. The van der Waals surface area contributed by atoms with E-state index in [0.717, 1.165) is 17.7 Å². The summed E-state index contributed by atoms with van der Waals surface area (Å²) >= 11 is 0. The average Bonchev–Trinajstić information content (AvgIpc) is 2.65. The molecule has 0 saturated heterocycles. The quantitative estimate of drug-likeness (QED) is 0.755. The Morgan fingerprint density at radius 2 is 1.84 bits per heavy atom. The highest BCUT2D eigenvalue weighted by atomic mass is 32.2. The SMILES string of the molecule is CCCOc1ccc(CNC(=O)c2cccc(S(=O)(=O)NC)c2)cc1. The first-order valence-electron chi connectivity index (χ1n) is 8.00. The molecule has 2 rings (SSSR count). The summed E-state index contributed by atoms with van der Waals surface area (Å²) in [7, 11) is -2.25. The second-order valence-electron chi connectivity index (χ2n) is 5.41. The largest absolute Gasteiger partial charge is 0.494 e. The van der Waals surface area contributed by atoms with Gasteiger partial charge in [0.15, 0.2) is 0 Å². The van der Waals surface area contributed by atoms with Crippen LogP contribution in [0.2, 0.25) is 0 Å². The van der Waals surface area contributed by atoms with E-state index in [1.165, 1.54) is 19.2 Å².